The third-order valence-corrected chi connectivity index (χ3v) is 4.01. The number of pyridine rings is 2. The minimum Gasteiger partial charge on any atom is -0.254 e. The first-order valence-electron chi connectivity index (χ1n) is 7.99. The van der Waals surface area contributed by atoms with Gasteiger partial charge < -0.3 is 0 Å². The normalized spacial score (nSPS) is 11.3. The molecule has 0 aliphatic rings. The first-order chi connectivity index (χ1) is 10.3. The summed E-state index contributed by atoms with van der Waals surface area (Å²) in [4.78, 5) is 9.54. The quantitative estimate of drug-likeness (QED) is 0.608. The fourth-order valence-electron chi connectivity index (χ4n) is 2.90. The van der Waals surface area contributed by atoms with E-state index in [9.17, 15) is 0 Å². The van der Waals surface area contributed by atoms with Crippen LogP contribution in [-0.4, -0.2) is 9.97 Å². The van der Waals surface area contributed by atoms with Crippen LogP contribution in [0.4, 0.5) is 0 Å². The first-order valence-corrected chi connectivity index (χ1v) is 7.99. The molecule has 21 heavy (non-hydrogen) atoms. The molecule has 0 spiro atoms. The molecule has 0 saturated carbocycles. The average molecular weight is 278 g/mol. The zero-order valence-electron chi connectivity index (χ0n) is 12.9. The predicted molar refractivity (Wildman–Crippen MR) is 89.7 cm³/mol. The maximum atomic E-state index is 5.00. The SMILES string of the molecule is CCCCc1nc2c(ccc3cccnc32)cc1CCC. The number of benzene rings is 1. The molecule has 0 aliphatic heterocycles. The third kappa shape index (κ3) is 2.76. The van der Waals surface area contributed by atoms with E-state index in [1.807, 2.05) is 12.3 Å². The molecule has 2 heteroatoms. The second kappa shape index (κ2) is 6.21. The third-order valence-electron chi connectivity index (χ3n) is 4.01. The van der Waals surface area contributed by atoms with Crippen LogP contribution in [0.1, 0.15) is 44.4 Å². The summed E-state index contributed by atoms with van der Waals surface area (Å²) in [5, 5.41) is 2.38. The number of hydrogen-bond acceptors (Lipinski definition) is 2. The summed E-state index contributed by atoms with van der Waals surface area (Å²) in [6.07, 6.45) is 7.62. The van der Waals surface area contributed by atoms with Crippen molar-refractivity contribution in [1.82, 2.24) is 9.97 Å². The van der Waals surface area contributed by atoms with Gasteiger partial charge in [0, 0.05) is 22.7 Å². The van der Waals surface area contributed by atoms with E-state index in [2.05, 4.69) is 43.1 Å². The van der Waals surface area contributed by atoms with Crippen LogP contribution in [0.25, 0.3) is 21.8 Å². The van der Waals surface area contributed by atoms with Crippen LogP contribution in [0, 0.1) is 0 Å². The molecule has 2 heterocycles. The lowest BCUT2D eigenvalue weighted by molar-refractivity contribution is 0.763. The molecule has 0 aliphatic carbocycles. The first kappa shape index (κ1) is 14.0. The number of rotatable bonds is 5. The van der Waals surface area contributed by atoms with Crippen molar-refractivity contribution in [2.24, 2.45) is 0 Å². The van der Waals surface area contributed by atoms with Gasteiger partial charge in [-0.25, -0.2) is 0 Å². The second-order valence-corrected chi connectivity index (χ2v) is 5.66. The maximum absolute atomic E-state index is 5.00. The van der Waals surface area contributed by atoms with Crippen LogP contribution in [0.15, 0.2) is 36.5 Å². The summed E-state index contributed by atoms with van der Waals surface area (Å²) in [5.74, 6) is 0. The molecule has 3 aromatic rings. The van der Waals surface area contributed by atoms with Gasteiger partial charge in [-0.05, 0) is 37.0 Å². The molecule has 2 aromatic heterocycles. The Bertz CT molecular complexity index is 762. The van der Waals surface area contributed by atoms with Crippen molar-refractivity contribution in [3.8, 4) is 0 Å². The van der Waals surface area contributed by atoms with Crippen molar-refractivity contribution < 1.29 is 0 Å². The van der Waals surface area contributed by atoms with Crippen molar-refractivity contribution in [2.45, 2.75) is 46.0 Å². The van der Waals surface area contributed by atoms with Gasteiger partial charge in [0.2, 0.25) is 0 Å². The molecule has 0 bridgehead atoms. The highest BCUT2D eigenvalue weighted by atomic mass is 14.8. The number of unbranched alkanes of at least 4 members (excludes halogenated alkanes) is 1. The Kier molecular flexibility index (Phi) is 4.14. The zero-order chi connectivity index (χ0) is 14.7. The molecular weight excluding hydrogens is 256 g/mol. The fourth-order valence-corrected chi connectivity index (χ4v) is 2.90. The number of nitrogens with zero attached hydrogens (tertiary/aromatic N) is 2. The molecule has 0 N–H and O–H groups in total. The minimum absolute atomic E-state index is 1.02. The summed E-state index contributed by atoms with van der Waals surface area (Å²) in [6, 6.07) is 10.7. The molecule has 1 aromatic carbocycles. The molecule has 2 nitrogen and oxygen atoms in total. The molecule has 3 rings (SSSR count). The van der Waals surface area contributed by atoms with E-state index in [1.165, 1.54) is 34.9 Å². The topological polar surface area (TPSA) is 25.8 Å². The lowest BCUT2D eigenvalue weighted by atomic mass is 10.0. The van der Waals surface area contributed by atoms with Crippen LogP contribution >= 0.6 is 0 Å². The van der Waals surface area contributed by atoms with Gasteiger partial charge in [0.25, 0.3) is 0 Å². The van der Waals surface area contributed by atoms with Crippen molar-refractivity contribution in [3.05, 3.63) is 47.8 Å². The van der Waals surface area contributed by atoms with Crippen molar-refractivity contribution in [1.29, 1.82) is 0 Å². The molecule has 108 valence electrons. The van der Waals surface area contributed by atoms with Gasteiger partial charge in [0.05, 0.1) is 11.0 Å². The molecule has 0 unspecified atom stereocenters. The molecular formula is C19H22N2. The number of aryl methyl sites for hydroxylation is 2. The van der Waals surface area contributed by atoms with Crippen LogP contribution in [-0.2, 0) is 12.8 Å². The number of aromatic nitrogens is 2. The van der Waals surface area contributed by atoms with Gasteiger partial charge in [-0.2, -0.15) is 0 Å². The van der Waals surface area contributed by atoms with Crippen molar-refractivity contribution in [2.75, 3.05) is 0 Å². The summed E-state index contributed by atoms with van der Waals surface area (Å²) < 4.78 is 0. The minimum atomic E-state index is 1.02. The Labute approximate surface area is 126 Å². The van der Waals surface area contributed by atoms with Gasteiger partial charge in [0.15, 0.2) is 0 Å². The van der Waals surface area contributed by atoms with Gasteiger partial charge in [-0.3, -0.25) is 9.97 Å². The van der Waals surface area contributed by atoms with Crippen molar-refractivity contribution >= 4 is 21.8 Å². The monoisotopic (exact) mass is 278 g/mol. The highest BCUT2D eigenvalue weighted by Gasteiger charge is 2.09. The average Bonchev–Trinajstić information content (AvgIpc) is 2.53. The van der Waals surface area contributed by atoms with E-state index in [4.69, 9.17) is 4.98 Å². The van der Waals surface area contributed by atoms with Gasteiger partial charge >= 0.3 is 0 Å². The van der Waals surface area contributed by atoms with E-state index >= 15 is 0 Å². The summed E-state index contributed by atoms with van der Waals surface area (Å²) in [7, 11) is 0. The molecule has 0 fully saturated rings. The zero-order valence-corrected chi connectivity index (χ0v) is 12.9. The Morgan fingerprint density at radius 3 is 2.57 bits per heavy atom. The lowest BCUT2D eigenvalue weighted by Crippen LogP contribution is -2.00. The van der Waals surface area contributed by atoms with E-state index in [1.54, 1.807) is 0 Å². The smallest absolute Gasteiger partial charge is 0.0968 e. The van der Waals surface area contributed by atoms with E-state index in [-0.39, 0.29) is 0 Å². The fraction of sp³-hybridized carbons (Fsp3) is 0.368. The van der Waals surface area contributed by atoms with Crippen molar-refractivity contribution in [3.63, 3.8) is 0 Å². The van der Waals surface area contributed by atoms with Crippen LogP contribution < -0.4 is 0 Å². The highest BCUT2D eigenvalue weighted by Crippen LogP contribution is 2.25. The van der Waals surface area contributed by atoms with Crippen LogP contribution in [0.3, 0.4) is 0 Å². The number of hydrogen-bond donors (Lipinski definition) is 0. The highest BCUT2D eigenvalue weighted by molar-refractivity contribution is 6.02. The Morgan fingerprint density at radius 1 is 0.905 bits per heavy atom. The summed E-state index contributed by atoms with van der Waals surface area (Å²) in [5.41, 5.74) is 4.76. The van der Waals surface area contributed by atoms with E-state index in [0.29, 0.717) is 0 Å². The maximum Gasteiger partial charge on any atom is 0.0968 e. The second-order valence-electron chi connectivity index (χ2n) is 5.66. The largest absolute Gasteiger partial charge is 0.254 e. The molecule has 0 amide bonds. The van der Waals surface area contributed by atoms with E-state index in [0.717, 1.165) is 30.3 Å². The Balaban J connectivity index is 2.21. The predicted octanol–water partition coefficient (Wildman–Crippen LogP) is 5.08. The molecule has 0 radical (unpaired) electrons. The van der Waals surface area contributed by atoms with Gasteiger partial charge in [-0.1, -0.05) is 44.9 Å². The molecule has 0 atom stereocenters. The van der Waals surface area contributed by atoms with Crippen LogP contribution in [0.5, 0.6) is 0 Å². The summed E-state index contributed by atoms with van der Waals surface area (Å²) >= 11 is 0. The van der Waals surface area contributed by atoms with Crippen LogP contribution in [0.2, 0.25) is 0 Å². The van der Waals surface area contributed by atoms with E-state index < -0.39 is 0 Å². The lowest BCUT2D eigenvalue weighted by Gasteiger charge is -2.11. The standard InChI is InChI=1S/C19H22N2/c1-3-5-9-17-15(7-4-2)13-16-11-10-14-8-6-12-20-18(14)19(16)21-17/h6,8,10-13H,3-5,7,9H2,1-2H3. The summed E-state index contributed by atoms with van der Waals surface area (Å²) in [6.45, 7) is 4.47. The van der Waals surface area contributed by atoms with Gasteiger partial charge in [0.1, 0.15) is 0 Å². The van der Waals surface area contributed by atoms with Gasteiger partial charge in [-0.15, -0.1) is 0 Å². The molecule has 0 saturated heterocycles. The Morgan fingerprint density at radius 2 is 1.76 bits per heavy atom. The number of fused-ring (bicyclic) bond motifs is 3. The Hall–Kier alpha value is -1.96.